The largest absolute Gasteiger partial charge is 0.391 e. The summed E-state index contributed by atoms with van der Waals surface area (Å²) in [5, 5.41) is 10.2. The molecular weight excluding hydrogens is 186 g/mol. The van der Waals surface area contributed by atoms with Crippen molar-refractivity contribution in [3.63, 3.8) is 0 Å². The maximum absolute atomic E-state index is 10.2. The molecule has 0 radical (unpaired) electrons. The number of hydrogen-bond donors (Lipinski definition) is 1. The third kappa shape index (κ3) is 2.54. The van der Waals surface area contributed by atoms with Gasteiger partial charge in [-0.1, -0.05) is 26.2 Å². The molecule has 4 atom stereocenters. The Kier molecular flexibility index (Phi) is 3.68. The summed E-state index contributed by atoms with van der Waals surface area (Å²) in [5.41, 5.74) is 0. The second-order valence-corrected chi connectivity index (χ2v) is 5.66. The summed E-state index contributed by atoms with van der Waals surface area (Å²) in [5.74, 6) is 0.815. The number of aliphatic hydroxyl groups excluding tert-OH is 1. The van der Waals surface area contributed by atoms with Gasteiger partial charge in [0.05, 0.1) is 6.10 Å². The predicted octanol–water partition coefficient (Wildman–Crippen LogP) is 2.41. The van der Waals surface area contributed by atoms with Crippen molar-refractivity contribution < 1.29 is 5.11 Å². The number of hydrogen-bond acceptors (Lipinski definition) is 2. The lowest BCUT2D eigenvalue weighted by atomic mass is 10.0. The Balaban J connectivity index is 2.00. The SMILES string of the molecule is CC1CC(C)N(C2CCCCCC2O)C1. The van der Waals surface area contributed by atoms with E-state index >= 15 is 0 Å². The molecule has 4 unspecified atom stereocenters. The molecule has 0 amide bonds. The third-order valence-corrected chi connectivity index (χ3v) is 4.20. The van der Waals surface area contributed by atoms with Crippen LogP contribution in [0.25, 0.3) is 0 Å². The molecule has 2 heteroatoms. The molecule has 88 valence electrons. The van der Waals surface area contributed by atoms with Gasteiger partial charge >= 0.3 is 0 Å². The van der Waals surface area contributed by atoms with Crippen molar-refractivity contribution in [3.8, 4) is 0 Å². The fourth-order valence-electron chi connectivity index (χ4n) is 3.45. The summed E-state index contributed by atoms with van der Waals surface area (Å²) in [6, 6.07) is 1.13. The molecule has 1 heterocycles. The van der Waals surface area contributed by atoms with Crippen LogP contribution in [0.15, 0.2) is 0 Å². The fourth-order valence-corrected chi connectivity index (χ4v) is 3.45. The standard InChI is InChI=1S/C13H25NO/c1-10-8-11(2)14(9-10)12-6-4-3-5-7-13(12)15/h10-13,15H,3-9H2,1-2H3. The molecule has 0 bridgehead atoms. The van der Waals surface area contributed by atoms with Crippen LogP contribution < -0.4 is 0 Å². The molecule has 2 nitrogen and oxygen atoms in total. The summed E-state index contributed by atoms with van der Waals surface area (Å²) in [6.45, 7) is 5.85. The second-order valence-electron chi connectivity index (χ2n) is 5.66. The van der Waals surface area contributed by atoms with E-state index in [0.717, 1.165) is 12.3 Å². The van der Waals surface area contributed by atoms with E-state index in [1.807, 2.05) is 0 Å². The highest BCUT2D eigenvalue weighted by atomic mass is 16.3. The zero-order valence-electron chi connectivity index (χ0n) is 10.2. The van der Waals surface area contributed by atoms with Gasteiger partial charge in [0, 0.05) is 18.6 Å². The van der Waals surface area contributed by atoms with Gasteiger partial charge in [0.2, 0.25) is 0 Å². The van der Waals surface area contributed by atoms with Crippen molar-refractivity contribution in [2.24, 2.45) is 5.92 Å². The van der Waals surface area contributed by atoms with Crippen LogP contribution in [0.4, 0.5) is 0 Å². The van der Waals surface area contributed by atoms with Gasteiger partial charge in [-0.25, -0.2) is 0 Å². The van der Waals surface area contributed by atoms with Gasteiger partial charge in [-0.15, -0.1) is 0 Å². The molecule has 0 aromatic heterocycles. The Bertz CT molecular complexity index is 207. The Morgan fingerprint density at radius 2 is 1.80 bits per heavy atom. The zero-order valence-corrected chi connectivity index (χ0v) is 10.2. The molecule has 1 N–H and O–H groups in total. The molecular formula is C13H25NO. The van der Waals surface area contributed by atoms with Gasteiger partial charge in [-0.3, -0.25) is 4.90 Å². The van der Waals surface area contributed by atoms with Gasteiger partial charge in [-0.2, -0.15) is 0 Å². The van der Waals surface area contributed by atoms with Crippen LogP contribution >= 0.6 is 0 Å². The second kappa shape index (κ2) is 4.84. The lowest BCUT2D eigenvalue weighted by Crippen LogP contribution is -2.44. The smallest absolute Gasteiger partial charge is 0.0695 e. The van der Waals surface area contributed by atoms with Gasteiger partial charge in [-0.05, 0) is 32.1 Å². The monoisotopic (exact) mass is 211 g/mol. The van der Waals surface area contributed by atoms with E-state index in [4.69, 9.17) is 0 Å². The van der Waals surface area contributed by atoms with Crippen molar-refractivity contribution in [3.05, 3.63) is 0 Å². The van der Waals surface area contributed by atoms with E-state index in [-0.39, 0.29) is 6.10 Å². The quantitative estimate of drug-likeness (QED) is 0.673. The average Bonchev–Trinajstić information content (AvgIpc) is 2.39. The zero-order chi connectivity index (χ0) is 10.8. The first-order chi connectivity index (χ1) is 7.18. The van der Waals surface area contributed by atoms with Crippen LogP contribution in [0.5, 0.6) is 0 Å². The van der Waals surface area contributed by atoms with E-state index in [2.05, 4.69) is 18.7 Å². The fraction of sp³-hybridized carbons (Fsp3) is 1.00. The minimum atomic E-state index is -0.0692. The summed E-state index contributed by atoms with van der Waals surface area (Å²) in [4.78, 5) is 2.57. The molecule has 15 heavy (non-hydrogen) atoms. The van der Waals surface area contributed by atoms with Crippen molar-refractivity contribution in [1.29, 1.82) is 0 Å². The molecule has 2 fully saturated rings. The molecule has 1 saturated heterocycles. The molecule has 1 saturated carbocycles. The van der Waals surface area contributed by atoms with E-state index in [1.54, 1.807) is 0 Å². The molecule has 0 spiro atoms. The molecule has 2 aliphatic rings. The van der Waals surface area contributed by atoms with Crippen LogP contribution in [0.2, 0.25) is 0 Å². The Labute approximate surface area is 93.7 Å². The van der Waals surface area contributed by atoms with E-state index < -0.39 is 0 Å². The minimum absolute atomic E-state index is 0.0692. The number of nitrogens with zero attached hydrogens (tertiary/aromatic N) is 1. The van der Waals surface area contributed by atoms with Crippen molar-refractivity contribution in [1.82, 2.24) is 4.90 Å². The molecule has 1 aliphatic carbocycles. The van der Waals surface area contributed by atoms with E-state index in [9.17, 15) is 5.11 Å². The third-order valence-electron chi connectivity index (χ3n) is 4.20. The van der Waals surface area contributed by atoms with Crippen LogP contribution in [0.3, 0.4) is 0 Å². The minimum Gasteiger partial charge on any atom is -0.391 e. The number of likely N-dealkylation sites (tertiary alicyclic amines) is 1. The highest BCUT2D eigenvalue weighted by molar-refractivity contribution is 4.90. The molecule has 0 aromatic rings. The molecule has 2 rings (SSSR count). The Morgan fingerprint density at radius 3 is 2.47 bits per heavy atom. The normalized spacial score (nSPS) is 44.2. The lowest BCUT2D eigenvalue weighted by Gasteiger charge is -2.33. The molecule has 1 aliphatic heterocycles. The summed E-state index contributed by atoms with van der Waals surface area (Å²) in [7, 11) is 0. The van der Waals surface area contributed by atoms with Crippen molar-refractivity contribution in [2.45, 2.75) is 70.6 Å². The highest BCUT2D eigenvalue weighted by Gasteiger charge is 2.35. The van der Waals surface area contributed by atoms with Gasteiger partial charge in [0.1, 0.15) is 0 Å². The van der Waals surface area contributed by atoms with Crippen LogP contribution in [0, 0.1) is 5.92 Å². The lowest BCUT2D eigenvalue weighted by molar-refractivity contribution is 0.0393. The van der Waals surface area contributed by atoms with E-state index in [1.165, 1.54) is 38.6 Å². The average molecular weight is 211 g/mol. The van der Waals surface area contributed by atoms with Crippen LogP contribution in [0.1, 0.15) is 52.4 Å². The summed E-state index contributed by atoms with van der Waals surface area (Å²) < 4.78 is 0. The summed E-state index contributed by atoms with van der Waals surface area (Å²) in [6.07, 6.45) is 7.30. The van der Waals surface area contributed by atoms with Gasteiger partial charge in [0.25, 0.3) is 0 Å². The maximum Gasteiger partial charge on any atom is 0.0695 e. The first kappa shape index (κ1) is 11.4. The first-order valence-corrected chi connectivity index (χ1v) is 6.62. The Morgan fingerprint density at radius 1 is 1.07 bits per heavy atom. The van der Waals surface area contributed by atoms with Crippen LogP contribution in [-0.2, 0) is 0 Å². The Hall–Kier alpha value is -0.0800. The van der Waals surface area contributed by atoms with Crippen molar-refractivity contribution in [2.75, 3.05) is 6.54 Å². The van der Waals surface area contributed by atoms with Crippen molar-refractivity contribution >= 4 is 0 Å². The van der Waals surface area contributed by atoms with Gasteiger partial charge < -0.3 is 5.11 Å². The van der Waals surface area contributed by atoms with Gasteiger partial charge in [0.15, 0.2) is 0 Å². The topological polar surface area (TPSA) is 23.5 Å². The van der Waals surface area contributed by atoms with Crippen LogP contribution in [-0.4, -0.2) is 34.7 Å². The highest BCUT2D eigenvalue weighted by Crippen LogP contribution is 2.30. The number of rotatable bonds is 1. The predicted molar refractivity (Wildman–Crippen MR) is 62.8 cm³/mol. The molecule has 0 aromatic carbocycles. The first-order valence-electron chi connectivity index (χ1n) is 6.62. The van der Waals surface area contributed by atoms with E-state index in [0.29, 0.717) is 12.1 Å². The summed E-state index contributed by atoms with van der Waals surface area (Å²) >= 11 is 0. The maximum atomic E-state index is 10.2. The number of aliphatic hydroxyl groups is 1.